The van der Waals surface area contributed by atoms with E-state index in [2.05, 4.69) is 4.98 Å². The number of aliphatic hydroxyl groups is 1. The zero-order chi connectivity index (χ0) is 19.8. The number of carbonyl (C=O) groups is 1. The van der Waals surface area contributed by atoms with Gasteiger partial charge in [-0.2, -0.15) is 0 Å². The van der Waals surface area contributed by atoms with Crippen LogP contribution in [0.4, 0.5) is 0 Å². The Morgan fingerprint density at radius 1 is 1.18 bits per heavy atom. The van der Waals surface area contributed by atoms with Crippen LogP contribution in [0.25, 0.3) is 0 Å². The highest BCUT2D eigenvalue weighted by Crippen LogP contribution is 2.38. The number of fused-ring (bicyclic) bond motifs is 1. The fourth-order valence-electron chi connectivity index (χ4n) is 4.45. The molecule has 0 bridgehead atoms. The number of aromatic nitrogens is 1. The third-order valence-electron chi connectivity index (χ3n) is 5.90. The van der Waals surface area contributed by atoms with E-state index in [-0.39, 0.29) is 12.0 Å². The van der Waals surface area contributed by atoms with Gasteiger partial charge in [0, 0.05) is 29.4 Å². The van der Waals surface area contributed by atoms with E-state index in [9.17, 15) is 9.90 Å². The number of hydrogen-bond acceptors (Lipinski definition) is 4. The SMILES string of the molecule is Cc1ccc(O[C@@H]2C[C@@H]3CN(C(=O)c4cccc(Cl)c4)C[C@@H]3C[C@H]2O)c(C)n1. The molecule has 1 aromatic carbocycles. The highest BCUT2D eigenvalue weighted by atomic mass is 35.5. The van der Waals surface area contributed by atoms with Gasteiger partial charge in [0.1, 0.15) is 11.9 Å². The second-order valence-electron chi connectivity index (χ2n) is 7.97. The van der Waals surface area contributed by atoms with Gasteiger partial charge in [-0.15, -0.1) is 0 Å². The van der Waals surface area contributed by atoms with Crippen LogP contribution in [0.1, 0.15) is 34.6 Å². The van der Waals surface area contributed by atoms with E-state index in [4.69, 9.17) is 16.3 Å². The van der Waals surface area contributed by atoms with Crippen molar-refractivity contribution in [2.45, 2.75) is 38.9 Å². The fraction of sp³-hybridized carbons (Fsp3) is 0.455. The standard InChI is InChI=1S/C22H25ClN2O3/c1-13-6-7-20(14(2)24-13)28-21-10-17-12-25(11-16(17)9-19(21)26)22(27)15-4-3-5-18(23)8-15/h3-8,16-17,19,21,26H,9-12H2,1-2H3/t16-,17+,19+,21+/m0/s1. The molecule has 0 unspecified atom stereocenters. The van der Waals surface area contributed by atoms with E-state index < -0.39 is 6.10 Å². The normalized spacial score (nSPS) is 26.8. The number of likely N-dealkylation sites (tertiary alicyclic amines) is 1. The zero-order valence-corrected chi connectivity index (χ0v) is 16.9. The summed E-state index contributed by atoms with van der Waals surface area (Å²) in [5, 5.41) is 11.2. The molecule has 2 heterocycles. The molecule has 5 nitrogen and oxygen atoms in total. The van der Waals surface area contributed by atoms with Gasteiger partial charge in [-0.25, -0.2) is 0 Å². The average Bonchev–Trinajstić information content (AvgIpc) is 3.06. The van der Waals surface area contributed by atoms with Crippen molar-refractivity contribution in [1.29, 1.82) is 0 Å². The minimum atomic E-state index is -0.539. The van der Waals surface area contributed by atoms with Crippen LogP contribution in [0.2, 0.25) is 5.02 Å². The van der Waals surface area contributed by atoms with Crippen LogP contribution in [0.15, 0.2) is 36.4 Å². The average molecular weight is 401 g/mol. The summed E-state index contributed by atoms with van der Waals surface area (Å²) in [6.45, 7) is 5.22. The first kappa shape index (κ1) is 19.2. The molecule has 1 saturated heterocycles. The molecule has 2 fully saturated rings. The molecule has 4 rings (SSSR count). The van der Waals surface area contributed by atoms with Gasteiger partial charge in [0.05, 0.1) is 11.8 Å². The third-order valence-corrected chi connectivity index (χ3v) is 6.13. The van der Waals surface area contributed by atoms with Crippen molar-refractivity contribution in [1.82, 2.24) is 9.88 Å². The van der Waals surface area contributed by atoms with Crippen LogP contribution in [0, 0.1) is 25.7 Å². The van der Waals surface area contributed by atoms with E-state index in [1.165, 1.54) is 0 Å². The lowest BCUT2D eigenvalue weighted by molar-refractivity contribution is -0.0236. The van der Waals surface area contributed by atoms with Crippen molar-refractivity contribution in [2.75, 3.05) is 13.1 Å². The lowest BCUT2D eigenvalue weighted by atomic mass is 9.78. The summed E-state index contributed by atoms with van der Waals surface area (Å²) in [5.74, 6) is 1.35. The quantitative estimate of drug-likeness (QED) is 0.854. The number of hydrogen-bond donors (Lipinski definition) is 1. The first-order valence-electron chi connectivity index (χ1n) is 9.74. The Hall–Kier alpha value is -2.11. The van der Waals surface area contributed by atoms with Gasteiger partial charge in [0.25, 0.3) is 5.91 Å². The van der Waals surface area contributed by atoms with Crippen LogP contribution in [0.5, 0.6) is 5.75 Å². The largest absolute Gasteiger partial charge is 0.486 e. The van der Waals surface area contributed by atoms with Crippen LogP contribution in [-0.4, -0.2) is 46.2 Å². The Labute approximate surface area is 170 Å². The number of carbonyl (C=O) groups excluding carboxylic acids is 1. The maximum atomic E-state index is 12.8. The van der Waals surface area contributed by atoms with E-state index in [1.54, 1.807) is 24.3 Å². The number of amides is 1. The van der Waals surface area contributed by atoms with E-state index in [0.717, 1.165) is 23.6 Å². The van der Waals surface area contributed by atoms with Gasteiger partial charge in [-0.1, -0.05) is 17.7 Å². The molecule has 0 spiro atoms. The molecule has 148 valence electrons. The molecule has 1 aromatic heterocycles. The summed E-state index contributed by atoms with van der Waals surface area (Å²) in [5.41, 5.74) is 2.39. The molecule has 1 aliphatic heterocycles. The first-order valence-corrected chi connectivity index (χ1v) is 10.1. The molecule has 2 aliphatic rings. The number of benzene rings is 1. The third kappa shape index (κ3) is 3.87. The van der Waals surface area contributed by atoms with Crippen molar-refractivity contribution < 1.29 is 14.6 Å². The molecule has 28 heavy (non-hydrogen) atoms. The minimum absolute atomic E-state index is 0.00226. The predicted molar refractivity (Wildman–Crippen MR) is 108 cm³/mol. The Kier molecular flexibility index (Phi) is 5.30. The Morgan fingerprint density at radius 3 is 2.64 bits per heavy atom. The predicted octanol–water partition coefficient (Wildman–Crippen LogP) is 3.64. The highest BCUT2D eigenvalue weighted by Gasteiger charge is 2.44. The number of pyridine rings is 1. The van der Waals surface area contributed by atoms with Gasteiger partial charge in [-0.05, 0) is 68.9 Å². The lowest BCUT2D eigenvalue weighted by Crippen LogP contribution is -2.42. The maximum absolute atomic E-state index is 12.8. The summed E-state index contributed by atoms with van der Waals surface area (Å²) in [7, 11) is 0. The maximum Gasteiger partial charge on any atom is 0.253 e. The topological polar surface area (TPSA) is 62.7 Å². The van der Waals surface area contributed by atoms with Gasteiger partial charge in [0.15, 0.2) is 0 Å². The Balaban J connectivity index is 1.44. The molecule has 1 N–H and O–H groups in total. The van der Waals surface area contributed by atoms with Crippen molar-refractivity contribution in [2.24, 2.45) is 11.8 Å². The van der Waals surface area contributed by atoms with Crippen molar-refractivity contribution >= 4 is 17.5 Å². The molecule has 1 aliphatic carbocycles. The molecule has 2 aromatic rings. The number of halogens is 1. The molecular formula is C22H25ClN2O3. The second kappa shape index (κ2) is 7.72. The van der Waals surface area contributed by atoms with Gasteiger partial charge < -0.3 is 14.7 Å². The van der Waals surface area contributed by atoms with Crippen molar-refractivity contribution in [3.63, 3.8) is 0 Å². The molecule has 6 heteroatoms. The molecular weight excluding hydrogens is 376 g/mol. The fourth-order valence-corrected chi connectivity index (χ4v) is 4.64. The smallest absolute Gasteiger partial charge is 0.253 e. The molecule has 0 radical (unpaired) electrons. The van der Waals surface area contributed by atoms with Crippen LogP contribution in [-0.2, 0) is 0 Å². The van der Waals surface area contributed by atoms with Crippen molar-refractivity contribution in [3.05, 3.63) is 58.4 Å². The van der Waals surface area contributed by atoms with Crippen LogP contribution in [0.3, 0.4) is 0 Å². The number of ether oxygens (including phenoxy) is 1. The first-order chi connectivity index (χ1) is 13.4. The molecule has 1 amide bonds. The zero-order valence-electron chi connectivity index (χ0n) is 16.1. The number of nitrogens with zero attached hydrogens (tertiary/aromatic N) is 2. The van der Waals surface area contributed by atoms with Crippen molar-refractivity contribution in [3.8, 4) is 5.75 Å². The lowest BCUT2D eigenvalue weighted by Gasteiger charge is -2.35. The summed E-state index contributed by atoms with van der Waals surface area (Å²) in [4.78, 5) is 19.2. The van der Waals surface area contributed by atoms with E-state index >= 15 is 0 Å². The minimum Gasteiger partial charge on any atom is -0.486 e. The monoisotopic (exact) mass is 400 g/mol. The van der Waals surface area contributed by atoms with E-state index in [1.807, 2.05) is 30.9 Å². The number of aryl methyl sites for hydroxylation is 2. The van der Waals surface area contributed by atoms with Gasteiger partial charge in [-0.3, -0.25) is 9.78 Å². The summed E-state index contributed by atoms with van der Waals surface area (Å²) < 4.78 is 6.12. The highest BCUT2D eigenvalue weighted by molar-refractivity contribution is 6.30. The van der Waals surface area contributed by atoms with Crippen LogP contribution < -0.4 is 4.74 Å². The van der Waals surface area contributed by atoms with Gasteiger partial charge >= 0.3 is 0 Å². The molecule has 1 saturated carbocycles. The number of aliphatic hydroxyl groups excluding tert-OH is 1. The summed E-state index contributed by atoms with van der Waals surface area (Å²) in [6.07, 6.45) is 0.569. The Morgan fingerprint density at radius 2 is 1.93 bits per heavy atom. The summed E-state index contributed by atoms with van der Waals surface area (Å²) >= 11 is 6.03. The van der Waals surface area contributed by atoms with E-state index in [0.29, 0.717) is 41.9 Å². The molecule has 4 atom stereocenters. The second-order valence-corrected chi connectivity index (χ2v) is 8.41. The number of rotatable bonds is 3. The van der Waals surface area contributed by atoms with Crippen LogP contribution >= 0.6 is 11.6 Å². The summed E-state index contributed by atoms with van der Waals surface area (Å²) in [6, 6.07) is 10.9. The Bertz CT molecular complexity index is 888. The van der Waals surface area contributed by atoms with Gasteiger partial charge in [0.2, 0.25) is 0 Å².